The molecule has 3 rings (SSSR count). The molecule has 1 aliphatic rings. The number of hydrogen-bond donors (Lipinski definition) is 1. The van der Waals surface area contributed by atoms with Gasteiger partial charge in [0.25, 0.3) is 5.91 Å². The number of hydrogen-bond acceptors (Lipinski definition) is 4. The van der Waals surface area contributed by atoms with Crippen LogP contribution in [0.4, 0.5) is 0 Å². The van der Waals surface area contributed by atoms with Gasteiger partial charge in [0, 0.05) is 31.3 Å². The van der Waals surface area contributed by atoms with Crippen molar-refractivity contribution in [2.24, 2.45) is 0 Å². The molecular weight excluding hydrogens is 364 g/mol. The van der Waals surface area contributed by atoms with Crippen LogP contribution in [0.2, 0.25) is 0 Å². The van der Waals surface area contributed by atoms with Gasteiger partial charge in [0.2, 0.25) is 5.91 Å². The summed E-state index contributed by atoms with van der Waals surface area (Å²) in [5.41, 5.74) is 1.29. The Bertz CT molecular complexity index is 924. The Kier molecular flexibility index (Phi) is 5.60. The van der Waals surface area contributed by atoms with Gasteiger partial charge in [-0.2, -0.15) is 0 Å². The van der Waals surface area contributed by atoms with Gasteiger partial charge in [-0.25, -0.2) is 8.42 Å². The number of carbonyl (C=O) groups is 2. The summed E-state index contributed by atoms with van der Waals surface area (Å²) in [6.45, 7) is 1.11. The van der Waals surface area contributed by atoms with Crippen LogP contribution in [0.1, 0.15) is 34.8 Å². The van der Waals surface area contributed by atoms with Gasteiger partial charge >= 0.3 is 0 Å². The van der Waals surface area contributed by atoms with E-state index in [9.17, 15) is 18.0 Å². The van der Waals surface area contributed by atoms with E-state index >= 15 is 0 Å². The maximum Gasteiger partial charge on any atom is 0.251 e. The Morgan fingerprint density at radius 2 is 1.78 bits per heavy atom. The van der Waals surface area contributed by atoms with Crippen LogP contribution < -0.4 is 5.32 Å². The molecule has 0 unspecified atom stereocenters. The van der Waals surface area contributed by atoms with Gasteiger partial charge in [-0.3, -0.25) is 9.59 Å². The molecule has 2 aromatic carbocycles. The highest BCUT2D eigenvalue weighted by molar-refractivity contribution is 7.90. The molecule has 142 valence electrons. The minimum atomic E-state index is -3.31. The lowest BCUT2D eigenvalue weighted by Gasteiger charge is -2.25. The molecule has 0 spiro atoms. The van der Waals surface area contributed by atoms with E-state index in [1.807, 2.05) is 30.3 Å². The summed E-state index contributed by atoms with van der Waals surface area (Å²) >= 11 is 0. The smallest absolute Gasteiger partial charge is 0.251 e. The van der Waals surface area contributed by atoms with Gasteiger partial charge in [-0.05, 0) is 36.2 Å². The summed E-state index contributed by atoms with van der Waals surface area (Å²) in [6, 6.07) is 15.0. The first kappa shape index (κ1) is 19.1. The van der Waals surface area contributed by atoms with Gasteiger partial charge in [0.15, 0.2) is 9.84 Å². The van der Waals surface area contributed by atoms with Crippen LogP contribution in [-0.2, 0) is 14.6 Å². The molecule has 2 amide bonds. The van der Waals surface area contributed by atoms with Crippen molar-refractivity contribution in [3.8, 4) is 0 Å². The molecule has 0 radical (unpaired) electrons. The fourth-order valence-electron chi connectivity index (χ4n) is 3.13. The number of benzene rings is 2. The molecule has 7 heteroatoms. The Morgan fingerprint density at radius 3 is 2.33 bits per heavy atom. The zero-order valence-electron chi connectivity index (χ0n) is 15.1. The van der Waals surface area contributed by atoms with Crippen LogP contribution in [0.25, 0.3) is 0 Å². The number of nitrogens with one attached hydrogen (secondary N) is 1. The molecule has 2 aromatic rings. The highest BCUT2D eigenvalue weighted by atomic mass is 32.2. The van der Waals surface area contributed by atoms with Crippen LogP contribution in [0.15, 0.2) is 59.5 Å². The fraction of sp³-hybridized carbons (Fsp3) is 0.300. The second kappa shape index (κ2) is 7.92. The molecule has 1 atom stereocenters. The molecule has 27 heavy (non-hydrogen) atoms. The Morgan fingerprint density at radius 1 is 1.11 bits per heavy atom. The van der Waals surface area contributed by atoms with Crippen molar-refractivity contribution in [2.45, 2.75) is 23.8 Å². The summed E-state index contributed by atoms with van der Waals surface area (Å²) in [6.07, 6.45) is 2.50. The number of likely N-dealkylation sites (tertiary alicyclic amines) is 1. The standard InChI is InChI=1S/C20H22N2O4S/c1-27(25,26)17-11-9-16(10-12-17)20(24)21-18(15-6-3-2-4-7-15)14-22-13-5-8-19(22)23/h2-4,6-7,9-12,18H,5,8,13-14H2,1H3,(H,21,24)/t18-/m0/s1. The van der Waals surface area contributed by atoms with E-state index in [1.165, 1.54) is 24.3 Å². The minimum Gasteiger partial charge on any atom is -0.343 e. The second-order valence-electron chi connectivity index (χ2n) is 6.68. The lowest BCUT2D eigenvalue weighted by Crippen LogP contribution is -2.38. The van der Waals surface area contributed by atoms with Crippen molar-refractivity contribution in [2.75, 3.05) is 19.3 Å². The quantitative estimate of drug-likeness (QED) is 0.825. The third kappa shape index (κ3) is 4.74. The first-order valence-corrected chi connectivity index (χ1v) is 10.7. The van der Waals surface area contributed by atoms with Crippen molar-refractivity contribution in [3.05, 3.63) is 65.7 Å². The number of sulfone groups is 1. The molecule has 1 N–H and O–H groups in total. The monoisotopic (exact) mass is 386 g/mol. The number of nitrogens with zero attached hydrogens (tertiary/aromatic N) is 1. The summed E-state index contributed by atoms with van der Waals surface area (Å²) in [7, 11) is -3.31. The van der Waals surface area contributed by atoms with Gasteiger partial charge in [0.1, 0.15) is 0 Å². The molecule has 1 heterocycles. The van der Waals surface area contributed by atoms with Crippen LogP contribution in [0.3, 0.4) is 0 Å². The third-order valence-electron chi connectivity index (χ3n) is 4.63. The van der Waals surface area contributed by atoms with E-state index in [0.29, 0.717) is 25.1 Å². The molecule has 0 aromatic heterocycles. The summed E-state index contributed by atoms with van der Waals surface area (Å²) in [5, 5.41) is 2.97. The number of rotatable bonds is 6. The van der Waals surface area contributed by atoms with Crippen molar-refractivity contribution >= 4 is 21.7 Å². The zero-order valence-corrected chi connectivity index (χ0v) is 15.9. The van der Waals surface area contributed by atoms with E-state index in [0.717, 1.165) is 18.2 Å². The van der Waals surface area contributed by atoms with E-state index in [1.54, 1.807) is 4.90 Å². The first-order chi connectivity index (χ1) is 12.8. The van der Waals surface area contributed by atoms with E-state index in [2.05, 4.69) is 5.32 Å². The molecule has 6 nitrogen and oxygen atoms in total. The first-order valence-electron chi connectivity index (χ1n) is 8.78. The largest absolute Gasteiger partial charge is 0.343 e. The molecule has 1 saturated heterocycles. The minimum absolute atomic E-state index is 0.0997. The molecule has 1 fully saturated rings. The average Bonchev–Trinajstić information content (AvgIpc) is 3.06. The fourth-order valence-corrected chi connectivity index (χ4v) is 3.76. The highest BCUT2D eigenvalue weighted by Gasteiger charge is 2.25. The molecular formula is C20H22N2O4S. The summed E-state index contributed by atoms with van der Waals surface area (Å²) < 4.78 is 23.1. The predicted octanol–water partition coefficient (Wildman–Crippen LogP) is 2.18. The summed E-state index contributed by atoms with van der Waals surface area (Å²) in [5.74, 6) is -0.210. The van der Waals surface area contributed by atoms with E-state index < -0.39 is 9.84 Å². The van der Waals surface area contributed by atoms with Crippen molar-refractivity contribution in [1.82, 2.24) is 10.2 Å². The van der Waals surface area contributed by atoms with Gasteiger partial charge in [-0.15, -0.1) is 0 Å². The lowest BCUT2D eigenvalue weighted by atomic mass is 10.1. The molecule has 0 saturated carbocycles. The van der Waals surface area contributed by atoms with Gasteiger partial charge in [-0.1, -0.05) is 30.3 Å². The highest BCUT2D eigenvalue weighted by Crippen LogP contribution is 2.19. The van der Waals surface area contributed by atoms with Gasteiger partial charge in [0.05, 0.1) is 10.9 Å². The topological polar surface area (TPSA) is 83.6 Å². The molecule has 0 bridgehead atoms. The normalized spacial score (nSPS) is 15.6. The number of carbonyl (C=O) groups excluding carboxylic acids is 2. The summed E-state index contributed by atoms with van der Waals surface area (Å²) in [4.78, 5) is 26.6. The van der Waals surface area contributed by atoms with Crippen LogP contribution >= 0.6 is 0 Å². The Labute approximate surface area is 159 Å². The van der Waals surface area contributed by atoms with E-state index in [-0.39, 0.29) is 22.8 Å². The van der Waals surface area contributed by atoms with Crippen molar-refractivity contribution in [1.29, 1.82) is 0 Å². The van der Waals surface area contributed by atoms with Crippen LogP contribution in [-0.4, -0.2) is 44.5 Å². The Balaban J connectivity index is 1.78. The van der Waals surface area contributed by atoms with Crippen LogP contribution in [0, 0.1) is 0 Å². The van der Waals surface area contributed by atoms with E-state index in [4.69, 9.17) is 0 Å². The molecule has 1 aliphatic heterocycles. The lowest BCUT2D eigenvalue weighted by molar-refractivity contribution is -0.128. The second-order valence-corrected chi connectivity index (χ2v) is 8.69. The van der Waals surface area contributed by atoms with Gasteiger partial charge < -0.3 is 10.2 Å². The zero-order chi connectivity index (χ0) is 19.4. The Hall–Kier alpha value is -2.67. The predicted molar refractivity (Wildman–Crippen MR) is 102 cm³/mol. The average molecular weight is 386 g/mol. The number of amides is 2. The third-order valence-corrected chi connectivity index (χ3v) is 5.75. The molecule has 0 aliphatic carbocycles. The maximum atomic E-state index is 12.7. The van der Waals surface area contributed by atoms with Crippen molar-refractivity contribution in [3.63, 3.8) is 0 Å². The SMILES string of the molecule is CS(=O)(=O)c1ccc(C(=O)N[C@@H](CN2CCCC2=O)c2ccccc2)cc1. The maximum absolute atomic E-state index is 12.7. The van der Waals surface area contributed by atoms with Crippen molar-refractivity contribution < 1.29 is 18.0 Å². The van der Waals surface area contributed by atoms with Crippen LogP contribution in [0.5, 0.6) is 0 Å².